The molecule has 0 radical (unpaired) electrons. The molecule has 0 aliphatic carbocycles. The summed E-state index contributed by atoms with van der Waals surface area (Å²) in [4.78, 5) is 18.7. The molecule has 5 heteroatoms. The molecule has 3 rings (SSSR count). The highest BCUT2D eigenvalue weighted by atomic mass is 79.9. The summed E-state index contributed by atoms with van der Waals surface area (Å²) in [6.07, 6.45) is 2.79. The van der Waals surface area contributed by atoms with Crippen LogP contribution in [0, 0.1) is 6.92 Å². The van der Waals surface area contributed by atoms with E-state index in [1.807, 2.05) is 31.0 Å². The van der Waals surface area contributed by atoms with Crippen LogP contribution in [0.15, 0.2) is 16.6 Å². The van der Waals surface area contributed by atoms with Gasteiger partial charge in [-0.15, -0.1) is 0 Å². The Labute approximate surface area is 121 Å². The fraction of sp³-hybridized carbons (Fsp3) is 0.571. The Morgan fingerprint density at radius 3 is 2.89 bits per heavy atom. The minimum Gasteiger partial charge on any atom is -0.344 e. The van der Waals surface area contributed by atoms with Gasteiger partial charge >= 0.3 is 0 Å². The van der Waals surface area contributed by atoms with Crippen molar-refractivity contribution in [3.05, 3.63) is 28.0 Å². The van der Waals surface area contributed by atoms with Gasteiger partial charge in [-0.25, -0.2) is 0 Å². The Hall–Kier alpha value is -0.940. The predicted octanol–water partition coefficient (Wildman–Crippen LogP) is 2.18. The summed E-state index contributed by atoms with van der Waals surface area (Å²) in [5, 5.41) is 3.54. The van der Waals surface area contributed by atoms with E-state index in [2.05, 4.69) is 26.2 Å². The van der Waals surface area contributed by atoms with Crippen LogP contribution in [0.25, 0.3) is 0 Å². The van der Waals surface area contributed by atoms with E-state index in [1.54, 1.807) is 0 Å². The molecule has 0 saturated carbocycles. The van der Waals surface area contributed by atoms with Gasteiger partial charge in [0, 0.05) is 23.8 Å². The monoisotopic (exact) mass is 323 g/mol. The van der Waals surface area contributed by atoms with Crippen LogP contribution in [0.3, 0.4) is 0 Å². The smallest absolute Gasteiger partial charge is 0.242 e. The number of likely N-dealkylation sites (tertiary alicyclic amines) is 1. The molecule has 0 bridgehead atoms. The van der Waals surface area contributed by atoms with Gasteiger partial charge in [0.15, 0.2) is 0 Å². The number of halogens is 1. The van der Waals surface area contributed by atoms with Gasteiger partial charge in [-0.2, -0.15) is 0 Å². The Kier molecular flexibility index (Phi) is 3.14. The van der Waals surface area contributed by atoms with Gasteiger partial charge in [0.25, 0.3) is 0 Å². The number of hydrogen-bond donors (Lipinski definition) is 1. The molecule has 2 aliphatic heterocycles. The van der Waals surface area contributed by atoms with Crippen LogP contribution in [0.5, 0.6) is 0 Å². The molecule has 2 fully saturated rings. The van der Waals surface area contributed by atoms with Crippen LogP contribution < -0.4 is 5.32 Å². The van der Waals surface area contributed by atoms with Gasteiger partial charge in [-0.05, 0) is 38.3 Å². The first-order valence-electron chi connectivity index (χ1n) is 6.67. The molecule has 3 heterocycles. The van der Waals surface area contributed by atoms with Gasteiger partial charge < -0.3 is 4.90 Å². The fourth-order valence-corrected chi connectivity index (χ4v) is 3.78. The van der Waals surface area contributed by atoms with Crippen LogP contribution in [0.4, 0.5) is 0 Å². The molecule has 0 aromatic carbocycles. The Bertz CT molecular complexity index is 513. The van der Waals surface area contributed by atoms with E-state index in [-0.39, 0.29) is 17.5 Å². The Morgan fingerprint density at radius 1 is 1.47 bits per heavy atom. The summed E-state index contributed by atoms with van der Waals surface area (Å²) in [5.74, 6) is 0.238. The van der Waals surface area contributed by atoms with Crippen molar-refractivity contribution in [1.82, 2.24) is 15.2 Å². The van der Waals surface area contributed by atoms with Crippen LogP contribution in [-0.2, 0) is 4.79 Å². The molecule has 2 atom stereocenters. The topological polar surface area (TPSA) is 45.2 Å². The van der Waals surface area contributed by atoms with Crippen molar-refractivity contribution >= 4 is 21.8 Å². The number of nitrogens with one attached hydrogen (secondary N) is 1. The number of carbonyl (C=O) groups is 1. The third kappa shape index (κ3) is 2.19. The second-order valence-corrected chi connectivity index (χ2v) is 6.56. The maximum Gasteiger partial charge on any atom is 0.242 e. The lowest BCUT2D eigenvalue weighted by Crippen LogP contribution is -2.47. The molecule has 1 aromatic rings. The molecule has 1 N–H and O–H groups in total. The number of aryl methyl sites for hydroxylation is 1. The normalized spacial score (nSPS) is 30.6. The zero-order valence-corrected chi connectivity index (χ0v) is 12.8. The fourth-order valence-electron chi connectivity index (χ4n) is 3.22. The predicted molar refractivity (Wildman–Crippen MR) is 76.8 cm³/mol. The first kappa shape index (κ1) is 13.1. The molecule has 2 aliphatic rings. The van der Waals surface area contributed by atoms with E-state index in [1.165, 1.54) is 0 Å². The molecule has 0 unspecified atom stereocenters. The molecule has 19 heavy (non-hydrogen) atoms. The van der Waals surface area contributed by atoms with Gasteiger partial charge in [-0.3, -0.25) is 15.1 Å². The maximum absolute atomic E-state index is 12.3. The minimum absolute atomic E-state index is 0.187. The van der Waals surface area contributed by atoms with Gasteiger partial charge in [-0.1, -0.05) is 15.9 Å². The summed E-state index contributed by atoms with van der Waals surface area (Å²) in [6, 6.07) is 4.24. The lowest BCUT2D eigenvalue weighted by atomic mass is 9.96. The van der Waals surface area contributed by atoms with E-state index >= 15 is 0 Å². The Balaban J connectivity index is 1.84. The minimum atomic E-state index is -0.336. The average molecular weight is 324 g/mol. The van der Waals surface area contributed by atoms with Crippen molar-refractivity contribution in [2.45, 2.75) is 37.8 Å². The largest absolute Gasteiger partial charge is 0.344 e. The molecule has 1 amide bonds. The van der Waals surface area contributed by atoms with E-state index in [9.17, 15) is 4.79 Å². The van der Waals surface area contributed by atoms with Crippen molar-refractivity contribution in [2.75, 3.05) is 13.6 Å². The van der Waals surface area contributed by atoms with Crippen molar-refractivity contribution < 1.29 is 4.79 Å². The number of amides is 1. The lowest BCUT2D eigenvalue weighted by Gasteiger charge is -2.23. The second-order valence-electron chi connectivity index (χ2n) is 5.65. The van der Waals surface area contributed by atoms with Crippen molar-refractivity contribution in [3.8, 4) is 0 Å². The first-order valence-corrected chi connectivity index (χ1v) is 7.47. The van der Waals surface area contributed by atoms with Crippen molar-refractivity contribution in [1.29, 1.82) is 0 Å². The highest BCUT2D eigenvalue weighted by molar-refractivity contribution is 9.10. The number of aromatic nitrogens is 1. The SMILES string of the molecule is Cc1cc(Br)cc([C@@H]2CC[C@]3(CCN(C)C3=O)N2)n1. The zero-order chi connectivity index (χ0) is 13.6. The third-order valence-corrected chi connectivity index (χ3v) is 4.69. The number of hydrogen-bond acceptors (Lipinski definition) is 3. The molecule has 1 aromatic heterocycles. The first-order chi connectivity index (χ1) is 9.00. The summed E-state index contributed by atoms with van der Waals surface area (Å²) in [6.45, 7) is 2.84. The number of rotatable bonds is 1. The van der Waals surface area contributed by atoms with Crippen molar-refractivity contribution in [3.63, 3.8) is 0 Å². The number of carbonyl (C=O) groups excluding carboxylic acids is 1. The maximum atomic E-state index is 12.3. The number of likely N-dealkylation sites (N-methyl/N-ethyl adjacent to an activating group) is 1. The molecule has 102 valence electrons. The molecule has 2 saturated heterocycles. The highest BCUT2D eigenvalue weighted by Crippen LogP contribution is 2.38. The standard InChI is InChI=1S/C14H18BrN3O/c1-9-7-10(15)8-12(16-9)11-3-4-14(17-11)5-6-18(2)13(14)19/h7-8,11,17H,3-6H2,1-2H3/t11-,14+/m0/s1. The van der Waals surface area contributed by atoms with Crippen LogP contribution in [0.2, 0.25) is 0 Å². The van der Waals surface area contributed by atoms with Gasteiger partial charge in [0.2, 0.25) is 5.91 Å². The zero-order valence-electron chi connectivity index (χ0n) is 11.2. The van der Waals surface area contributed by atoms with Crippen molar-refractivity contribution in [2.24, 2.45) is 0 Å². The van der Waals surface area contributed by atoms with E-state index in [4.69, 9.17) is 0 Å². The number of pyridine rings is 1. The van der Waals surface area contributed by atoms with E-state index < -0.39 is 0 Å². The van der Waals surface area contributed by atoms with E-state index in [0.717, 1.165) is 41.7 Å². The summed E-state index contributed by atoms with van der Waals surface area (Å²) >= 11 is 3.51. The third-order valence-electron chi connectivity index (χ3n) is 4.24. The summed E-state index contributed by atoms with van der Waals surface area (Å²) in [5.41, 5.74) is 1.70. The van der Waals surface area contributed by atoms with Gasteiger partial charge in [0.1, 0.15) is 5.54 Å². The molecule has 4 nitrogen and oxygen atoms in total. The number of nitrogens with zero attached hydrogens (tertiary/aromatic N) is 2. The second kappa shape index (κ2) is 4.56. The van der Waals surface area contributed by atoms with E-state index in [0.29, 0.717) is 0 Å². The molecular weight excluding hydrogens is 306 g/mol. The molecule has 1 spiro atoms. The lowest BCUT2D eigenvalue weighted by molar-refractivity contribution is -0.131. The van der Waals surface area contributed by atoms with Crippen LogP contribution in [0.1, 0.15) is 36.7 Å². The Morgan fingerprint density at radius 2 is 2.26 bits per heavy atom. The summed E-state index contributed by atoms with van der Waals surface area (Å²) < 4.78 is 1.05. The highest BCUT2D eigenvalue weighted by Gasteiger charge is 2.50. The van der Waals surface area contributed by atoms with Crippen LogP contribution in [-0.4, -0.2) is 34.9 Å². The summed E-state index contributed by atoms with van der Waals surface area (Å²) in [7, 11) is 1.88. The average Bonchev–Trinajstić information content (AvgIpc) is 2.89. The quantitative estimate of drug-likeness (QED) is 0.861. The van der Waals surface area contributed by atoms with Crippen LogP contribution >= 0.6 is 15.9 Å². The molecular formula is C14H18BrN3O. The van der Waals surface area contributed by atoms with Gasteiger partial charge in [0.05, 0.1) is 11.7 Å².